The first-order valence-electron chi connectivity index (χ1n) is 8.84. The average molecular weight is 349 g/mol. The molecule has 0 spiro atoms. The fourth-order valence-corrected chi connectivity index (χ4v) is 3.47. The Balaban J connectivity index is 2.07. The standard InChI is InChI=1S/C19H31N3O3/c1-13-12-21(4)9-10-22(13)15(3)19(23)20-14(2)17-11-16(24-5)7-8-18(17)25-6/h7-8,11,13-15H,9-10,12H2,1-6H3,(H,20,23). The van der Waals surface area contributed by atoms with Crippen LogP contribution in [0.2, 0.25) is 0 Å². The van der Waals surface area contributed by atoms with Crippen LogP contribution in [-0.4, -0.2) is 68.7 Å². The van der Waals surface area contributed by atoms with E-state index in [2.05, 4.69) is 29.1 Å². The maximum Gasteiger partial charge on any atom is 0.237 e. The lowest BCUT2D eigenvalue weighted by atomic mass is 10.1. The van der Waals surface area contributed by atoms with Gasteiger partial charge in [-0.1, -0.05) is 0 Å². The fraction of sp³-hybridized carbons (Fsp3) is 0.632. The van der Waals surface area contributed by atoms with E-state index in [-0.39, 0.29) is 18.0 Å². The molecule has 140 valence electrons. The number of piperazine rings is 1. The topological polar surface area (TPSA) is 54.0 Å². The zero-order chi connectivity index (χ0) is 18.6. The molecule has 25 heavy (non-hydrogen) atoms. The zero-order valence-corrected chi connectivity index (χ0v) is 16.2. The van der Waals surface area contributed by atoms with E-state index in [0.717, 1.165) is 36.7 Å². The van der Waals surface area contributed by atoms with Crippen LogP contribution < -0.4 is 14.8 Å². The number of likely N-dealkylation sites (N-methyl/N-ethyl adjacent to an activating group) is 1. The van der Waals surface area contributed by atoms with Gasteiger partial charge in [-0.15, -0.1) is 0 Å². The van der Waals surface area contributed by atoms with Crippen LogP contribution in [0.25, 0.3) is 0 Å². The SMILES string of the molecule is COc1ccc(OC)c(C(C)NC(=O)C(C)N2CCN(C)CC2C)c1. The molecule has 1 aromatic carbocycles. The molecule has 3 unspecified atom stereocenters. The van der Waals surface area contributed by atoms with Crippen LogP contribution in [0.4, 0.5) is 0 Å². The molecule has 2 rings (SSSR count). The van der Waals surface area contributed by atoms with Gasteiger partial charge in [0.25, 0.3) is 0 Å². The van der Waals surface area contributed by atoms with Gasteiger partial charge in [0.2, 0.25) is 5.91 Å². The predicted molar refractivity (Wildman–Crippen MR) is 99.2 cm³/mol. The van der Waals surface area contributed by atoms with Gasteiger partial charge in [0.15, 0.2) is 0 Å². The largest absolute Gasteiger partial charge is 0.497 e. The second-order valence-corrected chi connectivity index (χ2v) is 6.86. The van der Waals surface area contributed by atoms with Crippen molar-refractivity contribution in [3.63, 3.8) is 0 Å². The Morgan fingerprint density at radius 3 is 2.56 bits per heavy atom. The summed E-state index contributed by atoms with van der Waals surface area (Å²) in [5.41, 5.74) is 0.911. The molecule has 1 heterocycles. The van der Waals surface area contributed by atoms with Gasteiger partial charge in [-0.05, 0) is 46.0 Å². The van der Waals surface area contributed by atoms with E-state index in [9.17, 15) is 4.79 Å². The first kappa shape index (κ1) is 19.5. The summed E-state index contributed by atoms with van der Waals surface area (Å²) in [7, 11) is 5.38. The summed E-state index contributed by atoms with van der Waals surface area (Å²) >= 11 is 0. The Bertz CT molecular complexity index is 593. The van der Waals surface area contributed by atoms with Crippen molar-refractivity contribution in [2.75, 3.05) is 40.9 Å². The summed E-state index contributed by atoms with van der Waals surface area (Å²) in [5, 5.41) is 3.12. The van der Waals surface area contributed by atoms with E-state index in [1.807, 2.05) is 32.0 Å². The minimum absolute atomic E-state index is 0.0359. The molecule has 1 fully saturated rings. The number of carbonyl (C=O) groups excluding carboxylic acids is 1. The van der Waals surface area contributed by atoms with Crippen molar-refractivity contribution >= 4 is 5.91 Å². The van der Waals surface area contributed by atoms with Gasteiger partial charge >= 0.3 is 0 Å². The number of amides is 1. The molecule has 0 radical (unpaired) electrons. The number of nitrogens with zero attached hydrogens (tertiary/aromatic N) is 2. The van der Waals surface area contributed by atoms with E-state index < -0.39 is 0 Å². The first-order chi connectivity index (χ1) is 11.9. The smallest absolute Gasteiger partial charge is 0.237 e. The third kappa shape index (κ3) is 4.64. The maximum absolute atomic E-state index is 12.8. The van der Waals surface area contributed by atoms with Crippen LogP contribution in [0.15, 0.2) is 18.2 Å². The molecule has 1 saturated heterocycles. The highest BCUT2D eigenvalue weighted by Crippen LogP contribution is 2.29. The van der Waals surface area contributed by atoms with E-state index in [4.69, 9.17) is 9.47 Å². The maximum atomic E-state index is 12.8. The van der Waals surface area contributed by atoms with Gasteiger partial charge < -0.3 is 19.7 Å². The van der Waals surface area contributed by atoms with Crippen molar-refractivity contribution in [2.24, 2.45) is 0 Å². The van der Waals surface area contributed by atoms with Crippen molar-refractivity contribution in [1.29, 1.82) is 0 Å². The first-order valence-corrected chi connectivity index (χ1v) is 8.84. The molecular formula is C19H31N3O3. The van der Waals surface area contributed by atoms with Crippen LogP contribution in [0.5, 0.6) is 11.5 Å². The molecule has 1 aliphatic rings. The molecule has 0 bridgehead atoms. The molecular weight excluding hydrogens is 318 g/mol. The Morgan fingerprint density at radius 1 is 1.24 bits per heavy atom. The van der Waals surface area contributed by atoms with Gasteiger partial charge in [0, 0.05) is 31.2 Å². The van der Waals surface area contributed by atoms with Crippen molar-refractivity contribution in [3.05, 3.63) is 23.8 Å². The highest BCUT2D eigenvalue weighted by Gasteiger charge is 2.30. The van der Waals surface area contributed by atoms with Gasteiger partial charge in [0.1, 0.15) is 11.5 Å². The number of nitrogens with one attached hydrogen (secondary N) is 1. The minimum atomic E-state index is -0.164. The van der Waals surface area contributed by atoms with Crippen LogP contribution in [0.3, 0.4) is 0 Å². The molecule has 0 aliphatic carbocycles. The lowest BCUT2D eigenvalue weighted by Crippen LogP contribution is -2.57. The summed E-state index contributed by atoms with van der Waals surface area (Å²) < 4.78 is 10.7. The van der Waals surface area contributed by atoms with Crippen LogP contribution in [0.1, 0.15) is 32.4 Å². The number of hydrogen-bond acceptors (Lipinski definition) is 5. The van der Waals surface area contributed by atoms with Crippen molar-refractivity contribution < 1.29 is 14.3 Å². The van der Waals surface area contributed by atoms with Crippen LogP contribution in [0, 0.1) is 0 Å². The molecule has 1 amide bonds. The second-order valence-electron chi connectivity index (χ2n) is 6.86. The third-order valence-electron chi connectivity index (χ3n) is 5.02. The molecule has 3 atom stereocenters. The van der Waals surface area contributed by atoms with Gasteiger partial charge in [-0.2, -0.15) is 0 Å². The second kappa shape index (κ2) is 8.54. The number of carbonyl (C=O) groups is 1. The van der Waals surface area contributed by atoms with E-state index >= 15 is 0 Å². The lowest BCUT2D eigenvalue weighted by Gasteiger charge is -2.41. The average Bonchev–Trinajstić information content (AvgIpc) is 2.60. The highest BCUT2D eigenvalue weighted by molar-refractivity contribution is 5.82. The van der Waals surface area contributed by atoms with E-state index in [1.54, 1.807) is 14.2 Å². The van der Waals surface area contributed by atoms with Gasteiger partial charge in [-0.25, -0.2) is 0 Å². The van der Waals surface area contributed by atoms with Crippen LogP contribution in [-0.2, 0) is 4.79 Å². The third-order valence-corrected chi connectivity index (χ3v) is 5.02. The molecule has 1 N–H and O–H groups in total. The Hall–Kier alpha value is -1.79. The predicted octanol–water partition coefficient (Wildman–Crippen LogP) is 1.91. The number of hydrogen-bond donors (Lipinski definition) is 1. The number of methoxy groups -OCH3 is 2. The molecule has 0 saturated carbocycles. The van der Waals surface area contributed by atoms with Gasteiger partial charge in [0.05, 0.1) is 26.3 Å². The van der Waals surface area contributed by atoms with Crippen LogP contribution >= 0.6 is 0 Å². The quantitative estimate of drug-likeness (QED) is 0.850. The minimum Gasteiger partial charge on any atom is -0.497 e. The molecule has 6 nitrogen and oxygen atoms in total. The fourth-order valence-electron chi connectivity index (χ4n) is 3.47. The highest BCUT2D eigenvalue weighted by atomic mass is 16.5. The number of benzene rings is 1. The summed E-state index contributed by atoms with van der Waals surface area (Å²) in [6.45, 7) is 9.00. The summed E-state index contributed by atoms with van der Waals surface area (Å²) in [5.74, 6) is 1.53. The summed E-state index contributed by atoms with van der Waals surface area (Å²) in [6.07, 6.45) is 0. The van der Waals surface area contributed by atoms with Crippen molar-refractivity contribution in [1.82, 2.24) is 15.1 Å². The Kier molecular flexibility index (Phi) is 6.67. The summed E-state index contributed by atoms with van der Waals surface area (Å²) in [6, 6.07) is 5.66. The number of rotatable bonds is 6. The normalized spacial score (nSPS) is 21.4. The van der Waals surface area contributed by atoms with E-state index in [1.165, 1.54) is 0 Å². The zero-order valence-electron chi connectivity index (χ0n) is 16.2. The molecule has 0 aromatic heterocycles. The lowest BCUT2D eigenvalue weighted by molar-refractivity contribution is -0.128. The molecule has 1 aromatic rings. The molecule has 6 heteroatoms. The summed E-state index contributed by atoms with van der Waals surface area (Å²) in [4.78, 5) is 17.3. The number of ether oxygens (including phenoxy) is 2. The Labute approximate surface area is 151 Å². The molecule has 1 aliphatic heterocycles. The van der Waals surface area contributed by atoms with Gasteiger partial charge in [-0.3, -0.25) is 9.69 Å². The van der Waals surface area contributed by atoms with E-state index in [0.29, 0.717) is 6.04 Å². The van der Waals surface area contributed by atoms with Crippen molar-refractivity contribution in [2.45, 2.75) is 38.9 Å². The Morgan fingerprint density at radius 2 is 1.96 bits per heavy atom. The monoisotopic (exact) mass is 349 g/mol. The van der Waals surface area contributed by atoms with Crippen molar-refractivity contribution in [3.8, 4) is 11.5 Å².